The number of anilines is 2. The number of hydrogen-bond acceptors (Lipinski definition) is 3. The van der Waals surface area contributed by atoms with Crippen molar-refractivity contribution in [3.63, 3.8) is 0 Å². The van der Waals surface area contributed by atoms with Crippen LogP contribution in [0.2, 0.25) is 0 Å². The molecule has 0 amide bonds. The first kappa shape index (κ1) is 13.1. The number of halogens is 1. The molecule has 0 spiro atoms. The molecule has 0 aliphatic carbocycles. The third-order valence-electron chi connectivity index (χ3n) is 3.77. The third-order valence-corrected chi connectivity index (χ3v) is 3.77. The van der Waals surface area contributed by atoms with E-state index in [4.69, 9.17) is 5.73 Å². The van der Waals surface area contributed by atoms with Gasteiger partial charge in [0.15, 0.2) is 0 Å². The van der Waals surface area contributed by atoms with Gasteiger partial charge in [0.2, 0.25) is 0 Å². The van der Waals surface area contributed by atoms with Crippen LogP contribution in [0.5, 0.6) is 0 Å². The van der Waals surface area contributed by atoms with E-state index in [1.165, 1.54) is 25.5 Å². The van der Waals surface area contributed by atoms with Gasteiger partial charge in [0, 0.05) is 25.3 Å². The summed E-state index contributed by atoms with van der Waals surface area (Å²) in [5, 5.41) is 0. The monoisotopic (exact) mass is 251 g/mol. The summed E-state index contributed by atoms with van der Waals surface area (Å²) in [4.78, 5) is 4.46. The van der Waals surface area contributed by atoms with E-state index in [1.807, 2.05) is 11.9 Å². The van der Waals surface area contributed by atoms with Crippen LogP contribution in [0.3, 0.4) is 0 Å². The molecule has 1 unspecified atom stereocenters. The summed E-state index contributed by atoms with van der Waals surface area (Å²) in [6.07, 6.45) is 2.45. The lowest BCUT2D eigenvalue weighted by Gasteiger charge is -2.29. The van der Waals surface area contributed by atoms with Gasteiger partial charge in [-0.2, -0.15) is 0 Å². The molecule has 0 radical (unpaired) electrons. The number of hydrogen-bond donors (Lipinski definition) is 1. The molecule has 1 aromatic carbocycles. The number of benzene rings is 1. The molecule has 1 fully saturated rings. The van der Waals surface area contributed by atoms with Gasteiger partial charge in [0.25, 0.3) is 0 Å². The van der Waals surface area contributed by atoms with Crippen LogP contribution in [0.25, 0.3) is 0 Å². The highest BCUT2D eigenvalue weighted by molar-refractivity contribution is 5.54. The van der Waals surface area contributed by atoms with Crippen LogP contribution in [0, 0.1) is 5.82 Å². The number of likely N-dealkylation sites (N-methyl/N-ethyl adjacent to an activating group) is 2. The maximum absolute atomic E-state index is 13.8. The van der Waals surface area contributed by atoms with Crippen molar-refractivity contribution in [3.05, 3.63) is 24.0 Å². The van der Waals surface area contributed by atoms with Crippen LogP contribution < -0.4 is 10.6 Å². The largest absolute Gasteiger partial charge is 0.399 e. The predicted molar refractivity (Wildman–Crippen MR) is 74.4 cm³/mol. The van der Waals surface area contributed by atoms with Crippen LogP contribution in [0.4, 0.5) is 15.8 Å². The number of nitrogens with two attached hydrogens (primary N) is 1. The Bertz CT molecular complexity index is 408. The number of nitrogens with zero attached hydrogens (tertiary/aromatic N) is 2. The first-order valence-corrected chi connectivity index (χ1v) is 6.62. The molecule has 2 N–H and O–H groups in total. The molecule has 100 valence electrons. The molecule has 3 nitrogen and oxygen atoms in total. The standard InChI is InChI=1S/C14H22FN3/c1-3-18-8-4-5-12(18)10-17(2)14-7-6-11(16)9-13(14)15/h6-7,9,12H,3-5,8,10,16H2,1-2H3. The molecule has 0 bridgehead atoms. The van der Waals surface area contributed by atoms with E-state index in [0.29, 0.717) is 17.4 Å². The second-order valence-corrected chi connectivity index (χ2v) is 5.02. The van der Waals surface area contributed by atoms with Gasteiger partial charge in [0.05, 0.1) is 5.69 Å². The maximum atomic E-state index is 13.8. The Labute approximate surface area is 108 Å². The van der Waals surface area contributed by atoms with Crippen molar-refractivity contribution in [1.29, 1.82) is 0 Å². The summed E-state index contributed by atoms with van der Waals surface area (Å²) in [6.45, 7) is 5.29. The fourth-order valence-corrected chi connectivity index (χ4v) is 2.77. The maximum Gasteiger partial charge on any atom is 0.148 e. The van der Waals surface area contributed by atoms with Crippen LogP contribution in [0.15, 0.2) is 18.2 Å². The Kier molecular flexibility index (Phi) is 4.07. The summed E-state index contributed by atoms with van der Waals surface area (Å²) >= 11 is 0. The molecule has 0 saturated carbocycles. The Balaban J connectivity index is 2.05. The summed E-state index contributed by atoms with van der Waals surface area (Å²) in [5.41, 5.74) is 6.67. The van der Waals surface area contributed by atoms with Crippen molar-refractivity contribution >= 4 is 11.4 Å². The minimum atomic E-state index is -0.237. The summed E-state index contributed by atoms with van der Waals surface area (Å²) in [6, 6.07) is 5.44. The smallest absolute Gasteiger partial charge is 0.148 e. The lowest BCUT2D eigenvalue weighted by atomic mass is 10.2. The molecule has 1 atom stereocenters. The van der Waals surface area contributed by atoms with Crippen molar-refractivity contribution in [2.45, 2.75) is 25.8 Å². The van der Waals surface area contributed by atoms with Crippen LogP contribution in [0.1, 0.15) is 19.8 Å². The van der Waals surface area contributed by atoms with Crippen molar-refractivity contribution in [2.24, 2.45) is 0 Å². The summed E-state index contributed by atoms with van der Waals surface area (Å²) < 4.78 is 13.8. The molecule has 1 heterocycles. The molecular formula is C14H22FN3. The zero-order valence-electron chi connectivity index (χ0n) is 11.2. The number of likely N-dealkylation sites (tertiary alicyclic amines) is 1. The van der Waals surface area contributed by atoms with E-state index in [2.05, 4.69) is 11.8 Å². The summed E-state index contributed by atoms with van der Waals surface area (Å²) in [5.74, 6) is -0.237. The van der Waals surface area contributed by atoms with E-state index in [9.17, 15) is 4.39 Å². The van der Waals surface area contributed by atoms with Crippen molar-refractivity contribution in [2.75, 3.05) is 37.3 Å². The zero-order chi connectivity index (χ0) is 13.1. The average Bonchev–Trinajstić information content (AvgIpc) is 2.76. The van der Waals surface area contributed by atoms with E-state index in [1.54, 1.807) is 12.1 Å². The number of nitrogen functional groups attached to an aromatic ring is 1. The van der Waals surface area contributed by atoms with Crippen molar-refractivity contribution in [1.82, 2.24) is 4.90 Å². The van der Waals surface area contributed by atoms with Gasteiger partial charge in [-0.25, -0.2) is 4.39 Å². The van der Waals surface area contributed by atoms with Gasteiger partial charge >= 0.3 is 0 Å². The minimum Gasteiger partial charge on any atom is -0.399 e. The third kappa shape index (κ3) is 2.75. The van der Waals surface area contributed by atoms with Crippen molar-refractivity contribution < 1.29 is 4.39 Å². The molecule has 1 saturated heterocycles. The Morgan fingerprint density at radius 2 is 2.28 bits per heavy atom. The Morgan fingerprint density at radius 3 is 2.94 bits per heavy atom. The zero-order valence-corrected chi connectivity index (χ0v) is 11.2. The minimum absolute atomic E-state index is 0.237. The highest BCUT2D eigenvalue weighted by Crippen LogP contribution is 2.23. The average molecular weight is 251 g/mol. The Morgan fingerprint density at radius 1 is 1.50 bits per heavy atom. The molecule has 0 aromatic heterocycles. The second-order valence-electron chi connectivity index (χ2n) is 5.02. The molecule has 1 aromatic rings. The van der Waals surface area contributed by atoms with Crippen LogP contribution >= 0.6 is 0 Å². The highest BCUT2D eigenvalue weighted by Gasteiger charge is 2.24. The normalized spacial score (nSPS) is 20.3. The molecule has 2 rings (SSSR count). The lowest BCUT2D eigenvalue weighted by Crippen LogP contribution is -2.39. The molecular weight excluding hydrogens is 229 g/mol. The fraction of sp³-hybridized carbons (Fsp3) is 0.571. The first-order chi connectivity index (χ1) is 8.61. The molecule has 1 aliphatic heterocycles. The van der Waals surface area contributed by atoms with E-state index < -0.39 is 0 Å². The van der Waals surface area contributed by atoms with Gasteiger partial charge in [-0.05, 0) is 44.1 Å². The topological polar surface area (TPSA) is 32.5 Å². The molecule has 4 heteroatoms. The van der Waals surface area contributed by atoms with Crippen LogP contribution in [-0.4, -0.2) is 37.6 Å². The lowest BCUT2D eigenvalue weighted by molar-refractivity contribution is 0.270. The van der Waals surface area contributed by atoms with Gasteiger partial charge in [-0.3, -0.25) is 4.90 Å². The predicted octanol–water partition coefficient (Wildman–Crippen LogP) is 2.33. The second kappa shape index (κ2) is 5.57. The summed E-state index contributed by atoms with van der Waals surface area (Å²) in [7, 11) is 1.95. The quantitative estimate of drug-likeness (QED) is 0.834. The van der Waals surface area contributed by atoms with Crippen LogP contribution in [-0.2, 0) is 0 Å². The van der Waals surface area contributed by atoms with E-state index in [-0.39, 0.29) is 5.82 Å². The SMILES string of the molecule is CCN1CCCC1CN(C)c1ccc(N)cc1F. The van der Waals surface area contributed by atoms with Crippen molar-refractivity contribution in [3.8, 4) is 0 Å². The van der Waals surface area contributed by atoms with E-state index in [0.717, 1.165) is 13.1 Å². The Hall–Kier alpha value is -1.29. The molecule has 1 aliphatic rings. The van der Waals surface area contributed by atoms with E-state index >= 15 is 0 Å². The first-order valence-electron chi connectivity index (χ1n) is 6.62. The van der Waals surface area contributed by atoms with Gasteiger partial charge < -0.3 is 10.6 Å². The fourth-order valence-electron chi connectivity index (χ4n) is 2.77. The number of rotatable bonds is 4. The molecule has 18 heavy (non-hydrogen) atoms. The van der Waals surface area contributed by atoms with Gasteiger partial charge in [-0.15, -0.1) is 0 Å². The highest BCUT2D eigenvalue weighted by atomic mass is 19.1. The van der Waals surface area contributed by atoms with Gasteiger partial charge in [0.1, 0.15) is 5.82 Å². The van der Waals surface area contributed by atoms with Gasteiger partial charge in [-0.1, -0.05) is 6.92 Å².